The van der Waals surface area contributed by atoms with Gasteiger partial charge in [0.15, 0.2) is 5.78 Å². The summed E-state index contributed by atoms with van der Waals surface area (Å²) in [5.41, 5.74) is 5.54. The minimum absolute atomic E-state index is 0.0188. The zero-order valence-corrected chi connectivity index (χ0v) is 22.0. The van der Waals surface area contributed by atoms with Crippen molar-refractivity contribution >= 4 is 27.4 Å². The third kappa shape index (κ3) is 5.50. The maximum Gasteiger partial charge on any atom is 0.343 e. The number of ketones is 1. The third-order valence-electron chi connectivity index (χ3n) is 6.72. The Hall–Kier alpha value is -3.92. The van der Waals surface area contributed by atoms with Gasteiger partial charge in [-0.15, -0.1) is 0 Å². The number of nitrogens with two attached hydrogens (primary N) is 1. The molecule has 1 aliphatic rings. The van der Waals surface area contributed by atoms with Crippen molar-refractivity contribution in [2.24, 2.45) is 11.7 Å². The fraction of sp³-hybridized carbons (Fsp3) is 0.321. The second kappa shape index (κ2) is 10.8. The number of aryl methyl sites for hydroxylation is 1. The van der Waals surface area contributed by atoms with Crippen LogP contribution in [0, 0.1) is 5.92 Å². The van der Waals surface area contributed by atoms with Gasteiger partial charge in [-0.1, -0.05) is 32.4 Å². The minimum atomic E-state index is -4.00. The highest BCUT2D eigenvalue weighted by atomic mass is 32.2. The molecule has 10 heteroatoms. The molecule has 0 bridgehead atoms. The SMILES string of the molecule is CC(C)C(c1cccc(NS(=O)(=O)c2ccc(C(N)=O)cc2)c1)c1c(O)c2c(oc1=O)CCCCCC2=O. The highest BCUT2D eigenvalue weighted by molar-refractivity contribution is 7.92. The molecular weight excluding hydrogens is 508 g/mol. The van der Waals surface area contributed by atoms with Gasteiger partial charge in [-0.3, -0.25) is 14.3 Å². The average Bonchev–Trinajstić information content (AvgIpc) is 2.84. The van der Waals surface area contributed by atoms with E-state index in [0.29, 0.717) is 18.4 Å². The predicted molar refractivity (Wildman–Crippen MR) is 142 cm³/mol. The number of Topliss-reactive ketones (excluding diaryl/α,β-unsaturated/α-hetero) is 1. The fourth-order valence-corrected chi connectivity index (χ4v) is 5.93. The van der Waals surface area contributed by atoms with Crippen LogP contribution in [0.5, 0.6) is 5.75 Å². The average molecular weight is 539 g/mol. The van der Waals surface area contributed by atoms with E-state index in [2.05, 4.69) is 4.72 Å². The van der Waals surface area contributed by atoms with E-state index in [1.807, 2.05) is 13.8 Å². The van der Waals surface area contributed by atoms with E-state index in [0.717, 1.165) is 12.8 Å². The molecule has 0 aliphatic heterocycles. The Morgan fingerprint density at radius 1 is 1.03 bits per heavy atom. The van der Waals surface area contributed by atoms with Crippen molar-refractivity contribution < 1.29 is 27.5 Å². The molecule has 9 nitrogen and oxygen atoms in total. The van der Waals surface area contributed by atoms with Crippen molar-refractivity contribution in [3.8, 4) is 5.75 Å². The van der Waals surface area contributed by atoms with Crippen molar-refractivity contribution in [1.29, 1.82) is 0 Å². The van der Waals surface area contributed by atoms with Gasteiger partial charge in [-0.2, -0.15) is 0 Å². The number of anilines is 1. The number of sulfonamides is 1. The molecule has 4 rings (SSSR count). The Bertz CT molecular complexity index is 1540. The van der Waals surface area contributed by atoms with Gasteiger partial charge in [0.05, 0.1) is 16.0 Å². The molecular formula is C28H30N2O7S. The van der Waals surface area contributed by atoms with Gasteiger partial charge in [0.25, 0.3) is 10.0 Å². The Morgan fingerprint density at radius 3 is 2.37 bits per heavy atom. The molecule has 1 heterocycles. The van der Waals surface area contributed by atoms with Crippen molar-refractivity contribution in [2.45, 2.75) is 56.8 Å². The molecule has 1 atom stereocenters. The number of nitrogens with one attached hydrogen (secondary N) is 1. The number of aromatic hydroxyl groups is 1. The first-order chi connectivity index (χ1) is 18.0. The van der Waals surface area contributed by atoms with E-state index in [4.69, 9.17) is 10.2 Å². The molecule has 200 valence electrons. The number of benzene rings is 2. The number of carbonyl (C=O) groups excluding carboxylic acids is 2. The maximum atomic E-state index is 13.1. The summed E-state index contributed by atoms with van der Waals surface area (Å²) in [6.07, 6.45) is 2.95. The van der Waals surface area contributed by atoms with Crippen molar-refractivity contribution in [1.82, 2.24) is 0 Å². The summed E-state index contributed by atoms with van der Waals surface area (Å²) in [7, 11) is -4.00. The quantitative estimate of drug-likeness (QED) is 0.404. The van der Waals surface area contributed by atoms with Gasteiger partial charge in [0.2, 0.25) is 5.91 Å². The van der Waals surface area contributed by atoms with Crippen LogP contribution in [0.4, 0.5) is 5.69 Å². The van der Waals surface area contributed by atoms with E-state index in [-0.39, 0.29) is 56.9 Å². The van der Waals surface area contributed by atoms with Crippen LogP contribution >= 0.6 is 0 Å². The smallest absolute Gasteiger partial charge is 0.343 e. The van der Waals surface area contributed by atoms with Crippen LogP contribution < -0.4 is 16.1 Å². The van der Waals surface area contributed by atoms with E-state index in [1.54, 1.807) is 24.3 Å². The summed E-state index contributed by atoms with van der Waals surface area (Å²) < 4.78 is 34.0. The fourth-order valence-electron chi connectivity index (χ4n) is 4.88. The molecule has 0 spiro atoms. The van der Waals surface area contributed by atoms with E-state index >= 15 is 0 Å². The van der Waals surface area contributed by atoms with Gasteiger partial charge in [0, 0.05) is 30.0 Å². The first-order valence-electron chi connectivity index (χ1n) is 12.4. The summed E-state index contributed by atoms with van der Waals surface area (Å²) in [5, 5.41) is 11.2. The molecule has 0 fully saturated rings. The number of hydrogen-bond donors (Lipinski definition) is 3. The van der Waals surface area contributed by atoms with E-state index in [1.165, 1.54) is 24.3 Å². The molecule has 0 radical (unpaired) electrons. The summed E-state index contributed by atoms with van der Waals surface area (Å²) in [4.78, 5) is 37.2. The summed E-state index contributed by atoms with van der Waals surface area (Å²) in [6, 6.07) is 11.7. The van der Waals surface area contributed by atoms with Gasteiger partial charge in [-0.25, -0.2) is 13.2 Å². The second-order valence-corrected chi connectivity index (χ2v) is 11.5. The Kier molecular flexibility index (Phi) is 7.73. The van der Waals surface area contributed by atoms with Crippen LogP contribution in [0.25, 0.3) is 0 Å². The first kappa shape index (κ1) is 27.1. The predicted octanol–water partition coefficient (Wildman–Crippen LogP) is 4.33. The summed E-state index contributed by atoms with van der Waals surface area (Å²) >= 11 is 0. The van der Waals surface area contributed by atoms with Crippen molar-refractivity contribution in [2.75, 3.05) is 4.72 Å². The van der Waals surface area contributed by atoms with Crippen molar-refractivity contribution in [3.05, 3.63) is 87.0 Å². The van der Waals surface area contributed by atoms with Crippen LogP contribution in [0.15, 0.2) is 62.6 Å². The zero-order chi connectivity index (χ0) is 27.6. The minimum Gasteiger partial charge on any atom is -0.506 e. The van der Waals surface area contributed by atoms with Crippen LogP contribution in [-0.4, -0.2) is 25.2 Å². The van der Waals surface area contributed by atoms with Gasteiger partial charge in [-0.05, 0) is 60.7 Å². The molecule has 1 unspecified atom stereocenters. The molecule has 0 saturated heterocycles. The number of hydrogen-bond acceptors (Lipinski definition) is 7. The molecule has 1 aromatic heterocycles. The Balaban J connectivity index is 1.73. The lowest BCUT2D eigenvalue weighted by Gasteiger charge is -2.24. The van der Waals surface area contributed by atoms with Gasteiger partial charge >= 0.3 is 5.63 Å². The van der Waals surface area contributed by atoms with Crippen LogP contribution in [0.2, 0.25) is 0 Å². The van der Waals surface area contributed by atoms with Crippen LogP contribution in [0.1, 0.15) is 83.1 Å². The largest absolute Gasteiger partial charge is 0.506 e. The topological polar surface area (TPSA) is 157 Å². The van der Waals surface area contributed by atoms with Crippen LogP contribution in [-0.2, 0) is 16.4 Å². The molecule has 1 aliphatic carbocycles. The van der Waals surface area contributed by atoms with Gasteiger partial charge in [0.1, 0.15) is 11.5 Å². The lowest BCUT2D eigenvalue weighted by Crippen LogP contribution is -2.22. The Morgan fingerprint density at radius 2 is 1.71 bits per heavy atom. The van der Waals surface area contributed by atoms with E-state index in [9.17, 15) is 27.9 Å². The van der Waals surface area contributed by atoms with Crippen LogP contribution in [0.3, 0.4) is 0 Å². The standard InChI is InChI=1S/C28H30N2O7S/c1-16(2)23(25-26(32)24-21(31)9-4-3-5-10-22(24)37-28(25)34)18-7-6-8-19(15-18)30-38(35,36)20-13-11-17(12-14-20)27(29)33/h6-8,11-16,23,30,32H,3-5,9-10H2,1-2H3,(H2,29,33). The lowest BCUT2D eigenvalue weighted by atomic mass is 9.81. The number of amides is 1. The molecule has 3 aromatic rings. The van der Waals surface area contributed by atoms with E-state index < -0.39 is 27.5 Å². The second-order valence-electron chi connectivity index (χ2n) is 9.78. The number of fused-ring (bicyclic) bond motifs is 1. The lowest BCUT2D eigenvalue weighted by molar-refractivity contribution is 0.0966. The third-order valence-corrected chi connectivity index (χ3v) is 8.12. The van der Waals surface area contributed by atoms with Crippen molar-refractivity contribution in [3.63, 3.8) is 0 Å². The van der Waals surface area contributed by atoms with Gasteiger partial charge < -0.3 is 15.3 Å². The Labute approximate surface area is 220 Å². The summed E-state index contributed by atoms with van der Waals surface area (Å²) in [5.74, 6) is -1.95. The highest BCUT2D eigenvalue weighted by Crippen LogP contribution is 2.39. The zero-order valence-electron chi connectivity index (χ0n) is 21.2. The molecule has 1 amide bonds. The number of rotatable bonds is 7. The molecule has 38 heavy (non-hydrogen) atoms. The molecule has 2 aromatic carbocycles. The normalized spacial score (nSPS) is 14.9. The molecule has 4 N–H and O–H groups in total. The number of carbonyl (C=O) groups is 2. The summed E-state index contributed by atoms with van der Waals surface area (Å²) in [6.45, 7) is 3.72. The maximum absolute atomic E-state index is 13.1. The monoisotopic (exact) mass is 538 g/mol. The first-order valence-corrected chi connectivity index (χ1v) is 13.9. The molecule has 0 saturated carbocycles. The number of primary amides is 1. The highest BCUT2D eigenvalue weighted by Gasteiger charge is 2.32.